The first-order valence-electron chi connectivity index (χ1n) is 7.31. The van der Waals surface area contributed by atoms with E-state index in [4.69, 9.17) is 0 Å². The zero-order chi connectivity index (χ0) is 13.9. The Bertz CT molecular complexity index is 429. The van der Waals surface area contributed by atoms with Crippen LogP contribution in [0.1, 0.15) is 64.1 Å². The molecule has 0 radical (unpaired) electrons. The van der Waals surface area contributed by atoms with Gasteiger partial charge >= 0.3 is 5.97 Å². The monoisotopic (exact) mass is 264 g/mol. The molecule has 0 spiro atoms. The molecule has 4 heteroatoms. The first-order chi connectivity index (χ1) is 9.03. The van der Waals surface area contributed by atoms with Crippen molar-refractivity contribution >= 4 is 5.97 Å². The van der Waals surface area contributed by atoms with Crippen LogP contribution >= 0.6 is 0 Å². The van der Waals surface area contributed by atoms with Gasteiger partial charge in [0.1, 0.15) is 0 Å². The SMILES string of the molecule is CC(C)n1ccc(CC2(C(=O)O)CCCCCC2)n1. The van der Waals surface area contributed by atoms with Gasteiger partial charge in [-0.25, -0.2) is 0 Å². The molecule has 1 aromatic rings. The van der Waals surface area contributed by atoms with Crippen molar-refractivity contribution in [3.05, 3.63) is 18.0 Å². The molecule has 0 aliphatic heterocycles. The Kier molecular flexibility index (Phi) is 4.27. The van der Waals surface area contributed by atoms with Gasteiger partial charge in [0.05, 0.1) is 11.1 Å². The molecule has 4 nitrogen and oxygen atoms in total. The van der Waals surface area contributed by atoms with Crippen LogP contribution in [-0.2, 0) is 11.2 Å². The molecule has 0 bridgehead atoms. The third-order valence-electron chi connectivity index (χ3n) is 4.23. The zero-order valence-electron chi connectivity index (χ0n) is 11.9. The molecule has 1 aliphatic rings. The highest BCUT2D eigenvalue weighted by Crippen LogP contribution is 2.38. The van der Waals surface area contributed by atoms with Gasteiger partial charge in [-0.05, 0) is 32.8 Å². The molecule has 0 unspecified atom stereocenters. The number of aromatic nitrogens is 2. The number of rotatable bonds is 4. The fourth-order valence-corrected chi connectivity index (χ4v) is 2.98. The smallest absolute Gasteiger partial charge is 0.310 e. The Morgan fingerprint density at radius 2 is 2.00 bits per heavy atom. The lowest BCUT2D eigenvalue weighted by molar-refractivity contribution is -0.149. The molecule has 19 heavy (non-hydrogen) atoms. The van der Waals surface area contributed by atoms with Crippen molar-refractivity contribution in [2.24, 2.45) is 5.41 Å². The summed E-state index contributed by atoms with van der Waals surface area (Å²) in [6.45, 7) is 4.16. The highest BCUT2D eigenvalue weighted by atomic mass is 16.4. The largest absolute Gasteiger partial charge is 0.481 e. The predicted molar refractivity (Wildman–Crippen MR) is 74.1 cm³/mol. The van der Waals surface area contributed by atoms with E-state index in [0.717, 1.165) is 44.2 Å². The first-order valence-corrected chi connectivity index (χ1v) is 7.31. The number of hydrogen-bond acceptors (Lipinski definition) is 2. The van der Waals surface area contributed by atoms with Crippen LogP contribution in [0, 0.1) is 5.41 Å². The average Bonchev–Trinajstić information content (AvgIpc) is 2.68. The van der Waals surface area contributed by atoms with Gasteiger partial charge in [-0.15, -0.1) is 0 Å². The molecule has 2 rings (SSSR count). The Balaban J connectivity index is 2.17. The van der Waals surface area contributed by atoms with Crippen LogP contribution in [0.25, 0.3) is 0 Å². The molecule has 1 fully saturated rings. The molecule has 0 atom stereocenters. The third-order valence-corrected chi connectivity index (χ3v) is 4.23. The van der Waals surface area contributed by atoms with Gasteiger partial charge in [-0.1, -0.05) is 25.7 Å². The predicted octanol–water partition coefficient (Wildman–Crippen LogP) is 3.43. The van der Waals surface area contributed by atoms with E-state index in [9.17, 15) is 9.90 Å². The van der Waals surface area contributed by atoms with Crippen molar-refractivity contribution in [2.75, 3.05) is 0 Å². The maximum atomic E-state index is 11.7. The number of aliphatic carboxylic acids is 1. The van der Waals surface area contributed by atoms with Crippen molar-refractivity contribution in [2.45, 2.75) is 64.8 Å². The fraction of sp³-hybridized carbons (Fsp3) is 0.733. The standard InChI is InChI=1S/C15H24N2O2/c1-12(2)17-10-7-13(16-17)11-15(14(18)19)8-5-3-4-6-9-15/h7,10,12H,3-6,8-9,11H2,1-2H3,(H,18,19). The van der Waals surface area contributed by atoms with E-state index >= 15 is 0 Å². The minimum absolute atomic E-state index is 0.323. The van der Waals surface area contributed by atoms with Gasteiger partial charge in [0.2, 0.25) is 0 Å². The molecule has 1 aromatic heterocycles. The highest BCUT2D eigenvalue weighted by Gasteiger charge is 2.39. The summed E-state index contributed by atoms with van der Waals surface area (Å²) in [6, 6.07) is 2.29. The first kappa shape index (κ1) is 14.1. The minimum atomic E-state index is -0.645. The summed E-state index contributed by atoms with van der Waals surface area (Å²) in [5.41, 5.74) is 0.324. The summed E-state index contributed by atoms with van der Waals surface area (Å²) < 4.78 is 1.90. The lowest BCUT2D eigenvalue weighted by atomic mass is 9.76. The maximum absolute atomic E-state index is 11.7. The van der Waals surface area contributed by atoms with Gasteiger partial charge in [0, 0.05) is 18.7 Å². The van der Waals surface area contributed by atoms with Crippen LogP contribution in [0.3, 0.4) is 0 Å². The van der Waals surface area contributed by atoms with Crippen molar-refractivity contribution in [3.63, 3.8) is 0 Å². The summed E-state index contributed by atoms with van der Waals surface area (Å²) in [6.07, 6.45) is 8.47. The molecule has 0 saturated heterocycles. The van der Waals surface area contributed by atoms with Crippen molar-refractivity contribution in [1.82, 2.24) is 9.78 Å². The molecule has 0 aromatic carbocycles. The van der Waals surface area contributed by atoms with Crippen LogP contribution in [0.5, 0.6) is 0 Å². The van der Waals surface area contributed by atoms with Crippen LogP contribution in [0.2, 0.25) is 0 Å². The lowest BCUT2D eigenvalue weighted by Gasteiger charge is -2.27. The average molecular weight is 264 g/mol. The number of nitrogens with zero attached hydrogens (tertiary/aromatic N) is 2. The van der Waals surface area contributed by atoms with Gasteiger partial charge in [-0.2, -0.15) is 5.10 Å². The van der Waals surface area contributed by atoms with Crippen molar-refractivity contribution in [3.8, 4) is 0 Å². The normalized spacial score (nSPS) is 19.3. The second kappa shape index (κ2) is 5.76. The minimum Gasteiger partial charge on any atom is -0.481 e. The summed E-state index contributed by atoms with van der Waals surface area (Å²) in [5.74, 6) is -0.645. The van der Waals surface area contributed by atoms with Crippen molar-refractivity contribution < 1.29 is 9.90 Å². The number of carboxylic acids is 1. The topological polar surface area (TPSA) is 55.1 Å². The lowest BCUT2D eigenvalue weighted by Crippen LogP contribution is -2.33. The summed E-state index contributed by atoms with van der Waals surface area (Å²) >= 11 is 0. The van der Waals surface area contributed by atoms with Gasteiger partial charge < -0.3 is 5.11 Å². The van der Waals surface area contributed by atoms with Crippen LogP contribution in [0.4, 0.5) is 0 Å². The molecule has 1 heterocycles. The summed E-state index contributed by atoms with van der Waals surface area (Å²) in [5, 5.41) is 14.2. The molecule has 1 saturated carbocycles. The highest BCUT2D eigenvalue weighted by molar-refractivity contribution is 5.75. The van der Waals surface area contributed by atoms with Crippen LogP contribution in [0.15, 0.2) is 12.3 Å². The van der Waals surface area contributed by atoms with Gasteiger partial charge in [0.15, 0.2) is 0 Å². The van der Waals surface area contributed by atoms with E-state index in [-0.39, 0.29) is 0 Å². The second-order valence-electron chi connectivity index (χ2n) is 6.06. The van der Waals surface area contributed by atoms with Gasteiger partial charge in [0.25, 0.3) is 0 Å². The third kappa shape index (κ3) is 3.17. The number of hydrogen-bond donors (Lipinski definition) is 1. The van der Waals surface area contributed by atoms with E-state index < -0.39 is 11.4 Å². The Morgan fingerprint density at radius 1 is 1.37 bits per heavy atom. The molecule has 0 amide bonds. The van der Waals surface area contributed by atoms with Gasteiger partial charge in [-0.3, -0.25) is 9.48 Å². The van der Waals surface area contributed by atoms with E-state index in [1.807, 2.05) is 16.9 Å². The Labute approximate surface area is 114 Å². The summed E-state index contributed by atoms with van der Waals surface area (Å²) in [7, 11) is 0. The van der Waals surface area contributed by atoms with E-state index in [1.54, 1.807) is 0 Å². The molecule has 1 N–H and O–H groups in total. The second-order valence-corrected chi connectivity index (χ2v) is 6.06. The van der Waals surface area contributed by atoms with E-state index in [0.29, 0.717) is 12.5 Å². The fourth-order valence-electron chi connectivity index (χ4n) is 2.98. The van der Waals surface area contributed by atoms with E-state index in [2.05, 4.69) is 18.9 Å². The molecule has 1 aliphatic carbocycles. The number of carboxylic acid groups (broad SMARTS) is 1. The van der Waals surface area contributed by atoms with Crippen molar-refractivity contribution in [1.29, 1.82) is 0 Å². The number of carbonyl (C=O) groups is 1. The molecule has 106 valence electrons. The molecular weight excluding hydrogens is 240 g/mol. The summed E-state index contributed by atoms with van der Waals surface area (Å²) in [4.78, 5) is 11.7. The van der Waals surface area contributed by atoms with Crippen LogP contribution in [-0.4, -0.2) is 20.9 Å². The zero-order valence-corrected chi connectivity index (χ0v) is 11.9. The maximum Gasteiger partial charge on any atom is 0.310 e. The molecular formula is C15H24N2O2. The van der Waals surface area contributed by atoms with E-state index in [1.165, 1.54) is 0 Å². The Hall–Kier alpha value is -1.32. The Morgan fingerprint density at radius 3 is 2.47 bits per heavy atom. The van der Waals surface area contributed by atoms with Crippen LogP contribution < -0.4 is 0 Å². The quantitative estimate of drug-likeness (QED) is 0.848.